The van der Waals surface area contributed by atoms with Crippen LogP contribution >= 0.6 is 0 Å². The summed E-state index contributed by atoms with van der Waals surface area (Å²) in [5.74, 6) is 0.710. The molecule has 2 aromatic carbocycles. The third kappa shape index (κ3) is 3.82. The third-order valence-electron chi connectivity index (χ3n) is 6.15. The van der Waals surface area contributed by atoms with Gasteiger partial charge in [-0.15, -0.1) is 0 Å². The van der Waals surface area contributed by atoms with Gasteiger partial charge < -0.3 is 14.2 Å². The van der Waals surface area contributed by atoms with Crippen molar-refractivity contribution in [1.29, 1.82) is 0 Å². The molecule has 0 saturated heterocycles. The Morgan fingerprint density at radius 2 is 1.80 bits per heavy atom. The average molecular weight is 405 g/mol. The van der Waals surface area contributed by atoms with Gasteiger partial charge >= 0.3 is 0 Å². The molecule has 0 N–H and O–H groups in total. The molecule has 30 heavy (non-hydrogen) atoms. The fraction of sp³-hybridized carbons (Fsp3) is 0.375. The Hall–Kier alpha value is -3.15. The first-order chi connectivity index (χ1) is 14.5. The molecule has 6 heteroatoms. The van der Waals surface area contributed by atoms with Crippen molar-refractivity contribution in [1.82, 2.24) is 14.8 Å². The Balaban J connectivity index is 1.44. The van der Waals surface area contributed by atoms with Crippen molar-refractivity contribution < 1.29 is 14.0 Å². The lowest BCUT2D eigenvalue weighted by molar-refractivity contribution is -0.133. The zero-order chi connectivity index (χ0) is 21.3. The van der Waals surface area contributed by atoms with Gasteiger partial charge in [0, 0.05) is 43.7 Å². The van der Waals surface area contributed by atoms with E-state index in [-0.39, 0.29) is 23.8 Å². The number of rotatable bonds is 5. The Morgan fingerprint density at radius 1 is 1.07 bits per heavy atom. The fourth-order valence-electron chi connectivity index (χ4n) is 4.12. The van der Waals surface area contributed by atoms with Gasteiger partial charge in [0.1, 0.15) is 5.52 Å². The number of nitrogens with zero attached hydrogens (tertiary/aromatic N) is 3. The quantitative estimate of drug-likeness (QED) is 0.638. The summed E-state index contributed by atoms with van der Waals surface area (Å²) in [6.45, 7) is 2.69. The first-order valence-electron chi connectivity index (χ1n) is 10.5. The Morgan fingerprint density at radius 3 is 2.50 bits per heavy atom. The molecular weight excluding hydrogens is 378 g/mol. The van der Waals surface area contributed by atoms with Crippen LogP contribution in [0.25, 0.3) is 22.6 Å². The van der Waals surface area contributed by atoms with Crippen LogP contribution in [0.1, 0.15) is 36.5 Å². The first kappa shape index (κ1) is 20.1. The van der Waals surface area contributed by atoms with Crippen molar-refractivity contribution in [3.8, 4) is 11.5 Å². The van der Waals surface area contributed by atoms with Gasteiger partial charge in [-0.25, -0.2) is 4.98 Å². The van der Waals surface area contributed by atoms with Crippen molar-refractivity contribution >= 4 is 22.9 Å². The summed E-state index contributed by atoms with van der Waals surface area (Å²) in [6.07, 6.45) is 2.42. The SMILES string of the molecule is CCN(C)C(=O)[C@H]1CC[C@@H](N(C)C(=O)c2ccc(-c3nc4ccccc4o3)cc2)C1. The van der Waals surface area contributed by atoms with Crippen LogP contribution in [0, 0.1) is 5.92 Å². The monoisotopic (exact) mass is 405 g/mol. The summed E-state index contributed by atoms with van der Waals surface area (Å²) >= 11 is 0. The first-order valence-corrected chi connectivity index (χ1v) is 10.5. The number of benzene rings is 2. The van der Waals surface area contributed by atoms with E-state index in [0.717, 1.165) is 35.9 Å². The zero-order valence-electron chi connectivity index (χ0n) is 17.7. The minimum absolute atomic E-state index is 0.0109. The number of fused-ring (bicyclic) bond motifs is 1. The van der Waals surface area contributed by atoms with E-state index in [1.165, 1.54) is 0 Å². The lowest BCUT2D eigenvalue weighted by Crippen LogP contribution is -2.37. The van der Waals surface area contributed by atoms with Crippen molar-refractivity contribution in [3.63, 3.8) is 0 Å². The molecule has 0 spiro atoms. The zero-order valence-corrected chi connectivity index (χ0v) is 17.7. The van der Waals surface area contributed by atoms with Gasteiger partial charge in [-0.2, -0.15) is 0 Å². The molecule has 3 aromatic rings. The molecule has 1 fully saturated rings. The summed E-state index contributed by atoms with van der Waals surface area (Å²) in [5, 5.41) is 0. The molecule has 0 unspecified atom stereocenters. The van der Waals surface area contributed by atoms with E-state index in [0.29, 0.717) is 18.0 Å². The maximum Gasteiger partial charge on any atom is 0.253 e. The van der Waals surface area contributed by atoms with Crippen LogP contribution in [0.4, 0.5) is 0 Å². The molecule has 6 nitrogen and oxygen atoms in total. The molecule has 0 radical (unpaired) electrons. The smallest absolute Gasteiger partial charge is 0.253 e. The summed E-state index contributed by atoms with van der Waals surface area (Å²) in [7, 11) is 3.67. The standard InChI is InChI=1S/C24H27N3O3/c1-4-26(2)23(28)18-13-14-19(15-18)27(3)24(29)17-11-9-16(10-12-17)22-25-20-7-5-6-8-21(20)30-22/h5-12,18-19H,4,13-15H2,1-3H3/t18-,19+/m0/s1. The maximum atomic E-state index is 13.0. The van der Waals surface area contributed by atoms with Gasteiger partial charge in [0.15, 0.2) is 5.58 Å². The van der Waals surface area contributed by atoms with Gasteiger partial charge in [-0.3, -0.25) is 9.59 Å². The number of hydrogen-bond acceptors (Lipinski definition) is 4. The Bertz CT molecular complexity index is 1020. The minimum Gasteiger partial charge on any atom is -0.436 e. The van der Waals surface area contributed by atoms with Gasteiger partial charge in [-0.05, 0) is 62.6 Å². The van der Waals surface area contributed by atoms with E-state index in [9.17, 15) is 9.59 Å². The van der Waals surface area contributed by atoms with Crippen molar-refractivity contribution in [3.05, 3.63) is 54.1 Å². The molecule has 2 atom stereocenters. The van der Waals surface area contributed by atoms with E-state index >= 15 is 0 Å². The molecule has 1 aromatic heterocycles. The van der Waals surface area contributed by atoms with Gasteiger partial charge in [-0.1, -0.05) is 12.1 Å². The lowest BCUT2D eigenvalue weighted by atomic mass is 10.1. The molecule has 0 aliphatic heterocycles. The molecule has 156 valence electrons. The Labute approximate surface area is 176 Å². The van der Waals surface area contributed by atoms with Crippen LogP contribution in [0.2, 0.25) is 0 Å². The lowest BCUT2D eigenvalue weighted by Gasteiger charge is -2.25. The van der Waals surface area contributed by atoms with E-state index in [1.54, 1.807) is 9.80 Å². The van der Waals surface area contributed by atoms with E-state index in [2.05, 4.69) is 4.98 Å². The molecule has 0 bridgehead atoms. The maximum absolute atomic E-state index is 13.0. The molecule has 1 aliphatic rings. The number of carbonyl (C=O) groups is 2. The largest absolute Gasteiger partial charge is 0.436 e. The highest BCUT2D eigenvalue weighted by Gasteiger charge is 2.35. The molecule has 1 aliphatic carbocycles. The van der Waals surface area contributed by atoms with Crippen LogP contribution in [0.3, 0.4) is 0 Å². The number of aromatic nitrogens is 1. The summed E-state index contributed by atoms with van der Waals surface area (Å²) in [6, 6.07) is 15.1. The van der Waals surface area contributed by atoms with Gasteiger partial charge in [0.05, 0.1) is 0 Å². The highest BCUT2D eigenvalue weighted by Crippen LogP contribution is 2.31. The number of para-hydroxylation sites is 2. The molecule has 2 amide bonds. The second-order valence-corrected chi connectivity index (χ2v) is 8.00. The van der Waals surface area contributed by atoms with Gasteiger partial charge in [0.25, 0.3) is 5.91 Å². The predicted octanol–water partition coefficient (Wildman–Crippen LogP) is 4.21. The fourth-order valence-corrected chi connectivity index (χ4v) is 4.12. The summed E-state index contributed by atoms with van der Waals surface area (Å²) in [5.41, 5.74) is 3.01. The van der Waals surface area contributed by atoms with Crippen LogP contribution in [0.5, 0.6) is 0 Å². The number of carbonyl (C=O) groups excluding carboxylic acids is 2. The van der Waals surface area contributed by atoms with Crippen molar-refractivity contribution in [2.75, 3.05) is 20.6 Å². The highest BCUT2D eigenvalue weighted by molar-refractivity contribution is 5.94. The van der Waals surface area contributed by atoms with Crippen LogP contribution < -0.4 is 0 Å². The van der Waals surface area contributed by atoms with Crippen molar-refractivity contribution in [2.24, 2.45) is 5.92 Å². The average Bonchev–Trinajstić information content (AvgIpc) is 3.44. The van der Waals surface area contributed by atoms with E-state index in [4.69, 9.17) is 4.42 Å². The number of amides is 2. The van der Waals surface area contributed by atoms with Crippen LogP contribution in [-0.4, -0.2) is 53.3 Å². The number of hydrogen-bond donors (Lipinski definition) is 0. The Kier molecular flexibility index (Phi) is 5.57. The van der Waals surface area contributed by atoms with E-state index < -0.39 is 0 Å². The van der Waals surface area contributed by atoms with Crippen molar-refractivity contribution in [2.45, 2.75) is 32.2 Å². The van der Waals surface area contributed by atoms with Crippen LogP contribution in [0.15, 0.2) is 52.9 Å². The topological polar surface area (TPSA) is 66.7 Å². The van der Waals surface area contributed by atoms with Gasteiger partial charge in [0.2, 0.25) is 11.8 Å². The van der Waals surface area contributed by atoms with Crippen LogP contribution in [-0.2, 0) is 4.79 Å². The predicted molar refractivity (Wildman–Crippen MR) is 116 cm³/mol. The summed E-state index contributed by atoms with van der Waals surface area (Å²) in [4.78, 5) is 33.5. The second-order valence-electron chi connectivity index (χ2n) is 8.00. The molecule has 4 rings (SSSR count). The second kappa shape index (κ2) is 8.30. The molecule has 1 saturated carbocycles. The normalized spacial score (nSPS) is 18.5. The third-order valence-corrected chi connectivity index (χ3v) is 6.15. The minimum atomic E-state index is -0.0268. The summed E-state index contributed by atoms with van der Waals surface area (Å²) < 4.78 is 5.80. The van der Waals surface area contributed by atoms with E-state index in [1.807, 2.05) is 69.6 Å². The highest BCUT2D eigenvalue weighted by atomic mass is 16.3. The molecule has 1 heterocycles. The number of oxazole rings is 1. The molecular formula is C24H27N3O3.